The van der Waals surface area contributed by atoms with E-state index in [0.29, 0.717) is 11.6 Å². The van der Waals surface area contributed by atoms with Gasteiger partial charge in [-0.2, -0.15) is 0 Å². The number of aromatic nitrogens is 4. The molecule has 2 N–H and O–H groups in total. The van der Waals surface area contributed by atoms with Crippen LogP contribution < -0.4 is 10.5 Å². The lowest BCUT2D eigenvalue weighted by Gasteiger charge is -2.12. The monoisotopic (exact) mass is 287 g/mol. The quantitative estimate of drug-likeness (QED) is 0.873. The van der Waals surface area contributed by atoms with Crippen molar-refractivity contribution in [3.05, 3.63) is 18.2 Å². The summed E-state index contributed by atoms with van der Waals surface area (Å²) in [5, 5.41) is 12.1. The molecule has 21 heavy (non-hydrogen) atoms. The van der Waals surface area contributed by atoms with Crippen molar-refractivity contribution >= 4 is 5.69 Å². The molecule has 0 radical (unpaired) electrons. The Morgan fingerprint density at radius 2 is 2.24 bits per heavy atom. The zero-order chi connectivity index (χ0) is 14.8. The van der Waals surface area contributed by atoms with E-state index in [4.69, 9.17) is 10.5 Å². The van der Waals surface area contributed by atoms with Crippen molar-refractivity contribution < 1.29 is 4.74 Å². The number of rotatable bonds is 4. The SMILES string of the molecule is COc1ccc(N)cc1-c1nnnn1CC1CCC(C)C1. The first-order chi connectivity index (χ1) is 10.2. The summed E-state index contributed by atoms with van der Waals surface area (Å²) in [7, 11) is 1.64. The first-order valence-electron chi connectivity index (χ1n) is 7.37. The number of nitrogens with zero attached hydrogens (tertiary/aromatic N) is 4. The number of tetrazole rings is 1. The topological polar surface area (TPSA) is 78.8 Å². The highest BCUT2D eigenvalue weighted by atomic mass is 16.5. The summed E-state index contributed by atoms with van der Waals surface area (Å²) in [4.78, 5) is 0. The number of benzene rings is 1. The second-order valence-corrected chi connectivity index (χ2v) is 5.93. The lowest BCUT2D eigenvalue weighted by atomic mass is 10.1. The minimum absolute atomic E-state index is 0.648. The lowest BCUT2D eigenvalue weighted by molar-refractivity contribution is 0.406. The average Bonchev–Trinajstić information content (AvgIpc) is 3.08. The summed E-state index contributed by atoms with van der Waals surface area (Å²) in [5.74, 6) is 2.91. The Hall–Kier alpha value is -2.11. The molecule has 6 nitrogen and oxygen atoms in total. The van der Waals surface area contributed by atoms with Crippen LogP contribution in [-0.2, 0) is 6.54 Å². The predicted molar refractivity (Wildman–Crippen MR) is 80.7 cm³/mol. The van der Waals surface area contributed by atoms with Crippen LogP contribution in [0.4, 0.5) is 5.69 Å². The normalized spacial score (nSPS) is 21.6. The molecular weight excluding hydrogens is 266 g/mol. The van der Waals surface area contributed by atoms with E-state index in [2.05, 4.69) is 22.4 Å². The maximum Gasteiger partial charge on any atom is 0.185 e. The summed E-state index contributed by atoms with van der Waals surface area (Å²) in [6.07, 6.45) is 3.78. The number of hydrogen-bond donors (Lipinski definition) is 1. The Labute approximate surface area is 124 Å². The molecule has 3 rings (SSSR count). The highest BCUT2D eigenvalue weighted by Gasteiger charge is 2.24. The minimum atomic E-state index is 0.648. The van der Waals surface area contributed by atoms with E-state index in [-0.39, 0.29) is 0 Å². The predicted octanol–water partition coefficient (Wildman–Crippen LogP) is 2.37. The second-order valence-electron chi connectivity index (χ2n) is 5.93. The van der Waals surface area contributed by atoms with Gasteiger partial charge in [-0.25, -0.2) is 4.68 Å². The van der Waals surface area contributed by atoms with Crippen LogP contribution in [0.1, 0.15) is 26.2 Å². The van der Waals surface area contributed by atoms with Crippen LogP contribution in [0.5, 0.6) is 5.75 Å². The fourth-order valence-electron chi connectivity index (χ4n) is 3.16. The standard InChI is InChI=1S/C15H21N5O/c1-10-3-4-11(7-10)9-20-15(17-18-19-20)13-8-12(16)5-6-14(13)21-2/h5-6,8,10-11H,3-4,7,9,16H2,1-2H3. The molecule has 112 valence electrons. The summed E-state index contributed by atoms with van der Waals surface area (Å²) < 4.78 is 7.28. The Bertz CT molecular complexity index is 624. The average molecular weight is 287 g/mol. The fourth-order valence-corrected chi connectivity index (χ4v) is 3.16. The number of methoxy groups -OCH3 is 1. The van der Waals surface area contributed by atoms with Crippen LogP contribution in [0.2, 0.25) is 0 Å². The molecule has 0 spiro atoms. The largest absolute Gasteiger partial charge is 0.496 e. The van der Waals surface area contributed by atoms with Crippen LogP contribution in [0.25, 0.3) is 11.4 Å². The molecule has 1 fully saturated rings. The minimum Gasteiger partial charge on any atom is -0.496 e. The molecule has 0 bridgehead atoms. The molecule has 2 aromatic rings. The van der Waals surface area contributed by atoms with Crippen molar-refractivity contribution in [3.8, 4) is 17.1 Å². The summed E-state index contributed by atoms with van der Waals surface area (Å²) in [6, 6.07) is 5.52. The molecule has 1 aliphatic carbocycles. The second kappa shape index (κ2) is 5.71. The number of anilines is 1. The number of hydrogen-bond acceptors (Lipinski definition) is 5. The van der Waals surface area contributed by atoms with E-state index < -0.39 is 0 Å². The van der Waals surface area contributed by atoms with Gasteiger partial charge < -0.3 is 10.5 Å². The van der Waals surface area contributed by atoms with Gasteiger partial charge in [0.25, 0.3) is 0 Å². The Morgan fingerprint density at radius 3 is 2.95 bits per heavy atom. The highest BCUT2D eigenvalue weighted by Crippen LogP contribution is 2.34. The van der Waals surface area contributed by atoms with Crippen LogP contribution in [-0.4, -0.2) is 27.3 Å². The number of nitrogens with two attached hydrogens (primary N) is 1. The molecule has 1 saturated carbocycles. The van der Waals surface area contributed by atoms with E-state index in [1.165, 1.54) is 19.3 Å². The van der Waals surface area contributed by atoms with Gasteiger partial charge in [-0.3, -0.25) is 0 Å². The van der Waals surface area contributed by atoms with E-state index in [9.17, 15) is 0 Å². The molecule has 1 heterocycles. The lowest BCUT2D eigenvalue weighted by Crippen LogP contribution is -2.11. The van der Waals surface area contributed by atoms with E-state index >= 15 is 0 Å². The Kier molecular flexibility index (Phi) is 3.77. The molecule has 1 aliphatic rings. The summed E-state index contributed by atoms with van der Waals surface area (Å²) >= 11 is 0. The van der Waals surface area contributed by atoms with Gasteiger partial charge >= 0.3 is 0 Å². The van der Waals surface area contributed by atoms with E-state index in [0.717, 1.165) is 29.6 Å². The first kappa shape index (κ1) is 13.9. The molecule has 2 unspecified atom stereocenters. The molecule has 2 atom stereocenters. The Balaban J connectivity index is 1.90. The van der Waals surface area contributed by atoms with Gasteiger partial charge in [-0.1, -0.05) is 13.3 Å². The van der Waals surface area contributed by atoms with Crippen molar-refractivity contribution in [1.29, 1.82) is 0 Å². The number of ether oxygens (including phenoxy) is 1. The Morgan fingerprint density at radius 1 is 1.38 bits per heavy atom. The van der Waals surface area contributed by atoms with Crippen LogP contribution >= 0.6 is 0 Å². The third kappa shape index (κ3) is 2.84. The van der Waals surface area contributed by atoms with Crippen LogP contribution in [0, 0.1) is 11.8 Å². The van der Waals surface area contributed by atoms with Gasteiger partial charge in [0.05, 0.1) is 12.7 Å². The maximum absolute atomic E-state index is 5.89. The van der Waals surface area contributed by atoms with Gasteiger partial charge in [0.2, 0.25) is 0 Å². The molecule has 0 amide bonds. The maximum atomic E-state index is 5.89. The summed E-state index contributed by atoms with van der Waals surface area (Å²) in [6.45, 7) is 3.16. The number of nitrogen functional groups attached to an aromatic ring is 1. The third-order valence-corrected chi connectivity index (χ3v) is 4.23. The van der Waals surface area contributed by atoms with Gasteiger partial charge in [-0.15, -0.1) is 5.10 Å². The van der Waals surface area contributed by atoms with Gasteiger partial charge in [0.1, 0.15) is 5.75 Å². The van der Waals surface area contributed by atoms with Crippen molar-refractivity contribution in [1.82, 2.24) is 20.2 Å². The molecule has 6 heteroatoms. The van der Waals surface area contributed by atoms with Crippen molar-refractivity contribution in [2.75, 3.05) is 12.8 Å². The fraction of sp³-hybridized carbons (Fsp3) is 0.533. The third-order valence-electron chi connectivity index (χ3n) is 4.23. The molecular formula is C15H21N5O. The smallest absolute Gasteiger partial charge is 0.185 e. The highest BCUT2D eigenvalue weighted by molar-refractivity contribution is 5.68. The first-order valence-corrected chi connectivity index (χ1v) is 7.37. The van der Waals surface area contributed by atoms with Crippen molar-refractivity contribution in [2.45, 2.75) is 32.7 Å². The van der Waals surface area contributed by atoms with Crippen molar-refractivity contribution in [2.24, 2.45) is 11.8 Å². The van der Waals surface area contributed by atoms with Gasteiger partial charge in [0, 0.05) is 12.2 Å². The van der Waals surface area contributed by atoms with E-state index in [1.807, 2.05) is 22.9 Å². The van der Waals surface area contributed by atoms with E-state index in [1.54, 1.807) is 7.11 Å². The van der Waals surface area contributed by atoms with Gasteiger partial charge in [-0.05, 0) is 53.3 Å². The van der Waals surface area contributed by atoms with Crippen LogP contribution in [0.15, 0.2) is 18.2 Å². The zero-order valence-corrected chi connectivity index (χ0v) is 12.5. The molecule has 0 saturated heterocycles. The molecule has 1 aromatic carbocycles. The van der Waals surface area contributed by atoms with Gasteiger partial charge in [0.15, 0.2) is 5.82 Å². The van der Waals surface area contributed by atoms with Crippen molar-refractivity contribution in [3.63, 3.8) is 0 Å². The zero-order valence-electron chi connectivity index (χ0n) is 12.5. The molecule has 1 aromatic heterocycles. The summed E-state index contributed by atoms with van der Waals surface area (Å²) in [5.41, 5.74) is 7.40. The van der Waals surface area contributed by atoms with Crippen LogP contribution in [0.3, 0.4) is 0 Å². The molecule has 0 aliphatic heterocycles.